The minimum Gasteiger partial charge on any atom is -0.381 e. The van der Waals surface area contributed by atoms with Gasteiger partial charge in [0.15, 0.2) is 0 Å². The number of ether oxygens (including phenoxy) is 1. The molecular weight excluding hydrogens is 344 g/mol. The maximum atomic E-state index is 13.2. The van der Waals surface area contributed by atoms with Crippen LogP contribution in [0.1, 0.15) is 31.4 Å². The van der Waals surface area contributed by atoms with Crippen LogP contribution in [0.15, 0.2) is 18.2 Å². The molecule has 2 rings (SSSR count). The van der Waals surface area contributed by atoms with Gasteiger partial charge in [-0.05, 0) is 59.7 Å². The Morgan fingerprint density at radius 3 is 3.00 bits per heavy atom. The summed E-state index contributed by atoms with van der Waals surface area (Å²) in [6.07, 6.45) is 2.18. The minimum atomic E-state index is -0.167. The lowest BCUT2D eigenvalue weighted by Crippen LogP contribution is -2.30. The van der Waals surface area contributed by atoms with Crippen LogP contribution in [0, 0.1) is 15.3 Å². The van der Waals surface area contributed by atoms with Gasteiger partial charge in [0, 0.05) is 22.1 Å². The molecule has 2 unspecified atom stereocenters. The van der Waals surface area contributed by atoms with E-state index in [4.69, 9.17) is 4.74 Å². The molecule has 1 aromatic rings. The van der Waals surface area contributed by atoms with E-state index in [0.717, 1.165) is 36.2 Å². The van der Waals surface area contributed by atoms with E-state index in [9.17, 15) is 4.39 Å². The van der Waals surface area contributed by atoms with Crippen molar-refractivity contribution in [2.24, 2.45) is 5.92 Å². The van der Waals surface area contributed by atoms with Crippen molar-refractivity contribution in [3.8, 4) is 0 Å². The topological polar surface area (TPSA) is 21.3 Å². The quantitative estimate of drug-likeness (QED) is 0.809. The molecule has 4 heteroatoms. The number of nitrogens with one attached hydrogen (secondary N) is 1. The summed E-state index contributed by atoms with van der Waals surface area (Å²) in [5.74, 6) is 0.329. The highest BCUT2D eigenvalue weighted by atomic mass is 127. The first-order valence-electron chi connectivity index (χ1n) is 6.48. The van der Waals surface area contributed by atoms with Crippen LogP contribution in [-0.4, -0.2) is 19.8 Å². The summed E-state index contributed by atoms with van der Waals surface area (Å²) in [7, 11) is 0. The van der Waals surface area contributed by atoms with Crippen LogP contribution in [0.4, 0.5) is 4.39 Å². The molecule has 0 amide bonds. The van der Waals surface area contributed by atoms with E-state index >= 15 is 0 Å². The van der Waals surface area contributed by atoms with Crippen LogP contribution < -0.4 is 5.32 Å². The van der Waals surface area contributed by atoms with Gasteiger partial charge in [0.25, 0.3) is 0 Å². The molecule has 0 radical (unpaired) electrons. The van der Waals surface area contributed by atoms with E-state index in [1.165, 1.54) is 5.56 Å². The van der Waals surface area contributed by atoms with Crippen molar-refractivity contribution < 1.29 is 9.13 Å². The zero-order valence-electron chi connectivity index (χ0n) is 10.6. The van der Waals surface area contributed by atoms with E-state index in [1.807, 2.05) is 6.07 Å². The van der Waals surface area contributed by atoms with Gasteiger partial charge in [-0.3, -0.25) is 0 Å². The molecule has 0 spiro atoms. The Bertz CT molecular complexity index is 393. The van der Waals surface area contributed by atoms with Gasteiger partial charge < -0.3 is 10.1 Å². The van der Waals surface area contributed by atoms with E-state index in [2.05, 4.69) is 34.8 Å². The van der Waals surface area contributed by atoms with Crippen LogP contribution in [0.25, 0.3) is 0 Å². The second kappa shape index (κ2) is 6.82. The molecule has 0 saturated carbocycles. The van der Waals surface area contributed by atoms with Gasteiger partial charge in [-0.15, -0.1) is 0 Å². The van der Waals surface area contributed by atoms with Gasteiger partial charge in [0.2, 0.25) is 0 Å². The first-order chi connectivity index (χ1) is 8.72. The van der Waals surface area contributed by atoms with Crippen molar-refractivity contribution in [1.82, 2.24) is 5.32 Å². The van der Waals surface area contributed by atoms with Crippen molar-refractivity contribution in [3.05, 3.63) is 33.1 Å². The van der Waals surface area contributed by atoms with Crippen molar-refractivity contribution in [2.75, 3.05) is 19.8 Å². The van der Waals surface area contributed by atoms with Crippen molar-refractivity contribution in [3.63, 3.8) is 0 Å². The van der Waals surface area contributed by atoms with Gasteiger partial charge in [-0.2, -0.15) is 0 Å². The molecule has 0 aromatic heterocycles. The molecule has 1 N–H and O–H groups in total. The van der Waals surface area contributed by atoms with Gasteiger partial charge in [-0.1, -0.05) is 13.0 Å². The Labute approximate surface area is 121 Å². The third kappa shape index (κ3) is 3.42. The summed E-state index contributed by atoms with van der Waals surface area (Å²) in [6, 6.07) is 5.34. The molecule has 2 atom stereocenters. The van der Waals surface area contributed by atoms with Gasteiger partial charge in [0.1, 0.15) is 5.82 Å². The van der Waals surface area contributed by atoms with E-state index in [0.29, 0.717) is 5.92 Å². The SMILES string of the molecule is CCCNC(c1ccc(F)cc1I)C1CCOC1. The molecule has 0 bridgehead atoms. The first kappa shape index (κ1) is 14.2. The molecule has 0 aliphatic carbocycles. The third-order valence-electron chi connectivity index (χ3n) is 3.35. The molecule has 100 valence electrons. The summed E-state index contributed by atoms with van der Waals surface area (Å²) in [5.41, 5.74) is 1.20. The number of benzene rings is 1. The molecular formula is C14H19FINO. The highest BCUT2D eigenvalue weighted by Crippen LogP contribution is 2.31. The summed E-state index contributed by atoms with van der Waals surface area (Å²) < 4.78 is 19.7. The predicted octanol–water partition coefficient (Wildman–Crippen LogP) is 3.51. The smallest absolute Gasteiger partial charge is 0.124 e. The number of halogens is 2. The Kier molecular flexibility index (Phi) is 5.38. The van der Waals surface area contributed by atoms with Crippen LogP contribution in [0.2, 0.25) is 0 Å². The van der Waals surface area contributed by atoms with Gasteiger partial charge >= 0.3 is 0 Å². The van der Waals surface area contributed by atoms with Crippen molar-refractivity contribution >= 4 is 22.6 Å². The Morgan fingerprint density at radius 2 is 2.39 bits per heavy atom. The molecule has 18 heavy (non-hydrogen) atoms. The fourth-order valence-electron chi connectivity index (χ4n) is 2.40. The molecule has 1 saturated heterocycles. The lowest BCUT2D eigenvalue weighted by atomic mass is 9.92. The van der Waals surface area contributed by atoms with Crippen molar-refractivity contribution in [2.45, 2.75) is 25.8 Å². The maximum Gasteiger partial charge on any atom is 0.124 e. The normalized spacial score (nSPS) is 21.2. The van der Waals surface area contributed by atoms with E-state index in [-0.39, 0.29) is 11.9 Å². The Morgan fingerprint density at radius 1 is 1.56 bits per heavy atom. The third-order valence-corrected chi connectivity index (χ3v) is 4.28. The highest BCUT2D eigenvalue weighted by Gasteiger charge is 2.27. The zero-order chi connectivity index (χ0) is 13.0. The molecule has 1 heterocycles. The molecule has 1 aliphatic rings. The lowest BCUT2D eigenvalue weighted by molar-refractivity contribution is 0.176. The maximum absolute atomic E-state index is 13.2. The standard InChI is InChI=1S/C14H19FINO/c1-2-6-17-14(10-5-7-18-9-10)12-4-3-11(15)8-13(12)16/h3-4,8,10,14,17H,2,5-7,9H2,1H3. The zero-order valence-corrected chi connectivity index (χ0v) is 12.7. The largest absolute Gasteiger partial charge is 0.381 e. The lowest BCUT2D eigenvalue weighted by Gasteiger charge is -2.25. The fraction of sp³-hybridized carbons (Fsp3) is 0.571. The summed E-state index contributed by atoms with van der Waals surface area (Å²) in [5, 5.41) is 3.58. The molecule has 1 aliphatic heterocycles. The second-order valence-electron chi connectivity index (χ2n) is 4.72. The first-order valence-corrected chi connectivity index (χ1v) is 7.56. The van der Waals surface area contributed by atoms with E-state index in [1.54, 1.807) is 12.1 Å². The number of hydrogen-bond acceptors (Lipinski definition) is 2. The fourth-order valence-corrected chi connectivity index (χ4v) is 3.21. The average molecular weight is 363 g/mol. The minimum absolute atomic E-state index is 0.167. The molecule has 1 fully saturated rings. The Balaban J connectivity index is 2.20. The van der Waals surface area contributed by atoms with Gasteiger partial charge in [-0.25, -0.2) is 4.39 Å². The average Bonchev–Trinajstić information content (AvgIpc) is 2.85. The van der Waals surface area contributed by atoms with Crippen LogP contribution in [0.3, 0.4) is 0 Å². The van der Waals surface area contributed by atoms with Crippen LogP contribution in [0.5, 0.6) is 0 Å². The predicted molar refractivity (Wildman–Crippen MR) is 79.1 cm³/mol. The van der Waals surface area contributed by atoms with Crippen LogP contribution >= 0.6 is 22.6 Å². The number of hydrogen-bond donors (Lipinski definition) is 1. The molecule has 2 nitrogen and oxygen atoms in total. The summed E-state index contributed by atoms with van der Waals surface area (Å²) in [6.45, 7) is 4.78. The van der Waals surface area contributed by atoms with Gasteiger partial charge in [0.05, 0.1) is 6.61 Å². The van der Waals surface area contributed by atoms with E-state index < -0.39 is 0 Å². The van der Waals surface area contributed by atoms with Crippen molar-refractivity contribution in [1.29, 1.82) is 0 Å². The second-order valence-corrected chi connectivity index (χ2v) is 5.88. The summed E-state index contributed by atoms with van der Waals surface area (Å²) >= 11 is 2.22. The molecule has 1 aromatic carbocycles. The van der Waals surface area contributed by atoms with Crippen LogP contribution in [-0.2, 0) is 4.74 Å². The summed E-state index contributed by atoms with van der Waals surface area (Å²) in [4.78, 5) is 0. The Hall–Kier alpha value is -0.200. The number of rotatable bonds is 5. The monoisotopic (exact) mass is 363 g/mol. The highest BCUT2D eigenvalue weighted by molar-refractivity contribution is 14.1.